The molecule has 0 spiro atoms. The lowest BCUT2D eigenvalue weighted by Crippen LogP contribution is -1.90. The third-order valence-electron chi connectivity index (χ3n) is 8.15. The first-order valence-electron chi connectivity index (χ1n) is 17.3. The molecular weight excluding hydrogens is 624 g/mol. The van der Waals surface area contributed by atoms with Crippen molar-refractivity contribution in [1.29, 1.82) is 0 Å². The topological polar surface area (TPSA) is 130 Å². The van der Waals surface area contributed by atoms with Gasteiger partial charge in [-0.15, -0.1) is 0 Å². The van der Waals surface area contributed by atoms with Crippen LogP contribution in [-0.4, -0.2) is 71.5 Å². The molecule has 0 fully saturated rings. The number of aromatic hydroxyl groups is 4. The minimum absolute atomic E-state index is 0.295. The Kier molecular flexibility index (Phi) is 17.0. The van der Waals surface area contributed by atoms with Crippen LogP contribution in [0.5, 0.6) is 23.0 Å². The monoisotopic (exact) mass is 676 g/mol. The summed E-state index contributed by atoms with van der Waals surface area (Å²) in [7, 11) is 0. The van der Waals surface area contributed by atoms with Crippen molar-refractivity contribution in [2.45, 2.75) is 66.2 Å². The van der Waals surface area contributed by atoms with Crippen molar-refractivity contribution in [3.63, 3.8) is 0 Å². The second-order valence-electron chi connectivity index (χ2n) is 12.3. The summed E-state index contributed by atoms with van der Waals surface area (Å²) in [6.45, 7) is 10.5. The molecule has 0 aliphatic rings. The molecule has 0 atom stereocenters. The fourth-order valence-corrected chi connectivity index (χ4v) is 4.96. The maximum Gasteiger partial charge on any atom is 0.127 e. The zero-order valence-electron chi connectivity index (χ0n) is 29.9. The van der Waals surface area contributed by atoms with E-state index in [2.05, 4.69) is 20.0 Å². The average molecular weight is 677 g/mol. The van der Waals surface area contributed by atoms with Crippen LogP contribution >= 0.6 is 0 Å². The van der Waals surface area contributed by atoms with Crippen molar-refractivity contribution in [3.05, 3.63) is 117 Å². The Bertz CT molecular complexity index is 1630. The van der Waals surface area contributed by atoms with Gasteiger partial charge < -0.3 is 20.4 Å². The fraction of sp³-hybridized carbons (Fsp3) is 0.333. The smallest absolute Gasteiger partial charge is 0.127 e. The van der Waals surface area contributed by atoms with Gasteiger partial charge in [0.25, 0.3) is 0 Å². The van der Waals surface area contributed by atoms with E-state index in [0.717, 1.165) is 96.1 Å². The number of hydrogen-bond donors (Lipinski definition) is 4. The molecule has 4 rings (SSSR count). The van der Waals surface area contributed by atoms with Gasteiger partial charge in [-0.3, -0.25) is 20.0 Å². The number of benzene rings is 4. The van der Waals surface area contributed by atoms with Crippen LogP contribution in [0.3, 0.4) is 0 Å². The van der Waals surface area contributed by atoms with Crippen molar-refractivity contribution >= 4 is 24.9 Å². The van der Waals surface area contributed by atoms with Crippen molar-refractivity contribution in [2.24, 2.45) is 20.0 Å². The van der Waals surface area contributed by atoms with Gasteiger partial charge >= 0.3 is 0 Å². The number of unbranched alkanes of at least 4 members (excludes halogenated alkanes) is 4. The first-order valence-corrected chi connectivity index (χ1v) is 17.3. The summed E-state index contributed by atoms with van der Waals surface area (Å²) in [5.41, 5.74) is 6.51. The first-order chi connectivity index (χ1) is 24.2. The summed E-state index contributed by atoms with van der Waals surface area (Å²) >= 11 is 0. The Morgan fingerprint density at radius 3 is 0.820 bits per heavy atom. The molecular formula is C42H52N4O4. The Morgan fingerprint density at radius 1 is 0.360 bits per heavy atom. The van der Waals surface area contributed by atoms with E-state index in [1.165, 1.54) is 0 Å². The highest BCUT2D eigenvalue weighted by atomic mass is 16.3. The highest BCUT2D eigenvalue weighted by Gasteiger charge is 2.03. The van der Waals surface area contributed by atoms with E-state index in [9.17, 15) is 20.4 Å². The van der Waals surface area contributed by atoms with Crippen LogP contribution in [0.15, 0.2) is 92.8 Å². The van der Waals surface area contributed by atoms with Gasteiger partial charge in [-0.1, -0.05) is 61.4 Å². The van der Waals surface area contributed by atoms with Gasteiger partial charge in [-0.05, 0) is 99.9 Å². The van der Waals surface area contributed by atoms with Gasteiger partial charge in [-0.2, -0.15) is 0 Å². The molecule has 0 aromatic heterocycles. The van der Waals surface area contributed by atoms with Gasteiger partial charge in [0.2, 0.25) is 0 Å². The van der Waals surface area contributed by atoms with Crippen molar-refractivity contribution in [2.75, 3.05) is 26.2 Å². The molecule has 8 nitrogen and oxygen atoms in total. The number of aliphatic imine (C=N–C) groups is 4. The maximum absolute atomic E-state index is 9.92. The predicted octanol–water partition coefficient (Wildman–Crippen LogP) is 8.85. The highest BCUT2D eigenvalue weighted by Crippen LogP contribution is 2.22. The zero-order valence-corrected chi connectivity index (χ0v) is 29.9. The van der Waals surface area contributed by atoms with Crippen molar-refractivity contribution in [1.82, 2.24) is 0 Å². The molecule has 0 unspecified atom stereocenters. The number of para-hydroxylation sites is 4. The zero-order chi connectivity index (χ0) is 36.1. The summed E-state index contributed by atoms with van der Waals surface area (Å²) in [6.07, 6.45) is 13.1. The minimum atomic E-state index is 0.295. The third kappa shape index (κ3) is 13.3. The molecule has 50 heavy (non-hydrogen) atoms. The van der Waals surface area contributed by atoms with E-state index in [4.69, 9.17) is 0 Å². The largest absolute Gasteiger partial charge is 0.507 e. The second-order valence-corrected chi connectivity index (χ2v) is 12.3. The maximum atomic E-state index is 9.92. The molecule has 264 valence electrons. The second kappa shape index (κ2) is 21.7. The molecule has 4 aromatic carbocycles. The normalized spacial score (nSPS) is 11.6. The lowest BCUT2D eigenvalue weighted by Gasteiger charge is -2.02. The van der Waals surface area contributed by atoms with Crippen LogP contribution in [0.25, 0.3) is 0 Å². The summed E-state index contributed by atoms with van der Waals surface area (Å²) in [4.78, 5) is 17.5. The van der Waals surface area contributed by atoms with Gasteiger partial charge in [0.1, 0.15) is 23.0 Å². The minimum Gasteiger partial charge on any atom is -0.507 e. The summed E-state index contributed by atoms with van der Waals surface area (Å²) < 4.78 is 0. The van der Waals surface area contributed by atoms with Crippen LogP contribution in [0.4, 0.5) is 0 Å². The summed E-state index contributed by atoms with van der Waals surface area (Å²) in [5, 5.41) is 39.6. The van der Waals surface area contributed by atoms with Crippen LogP contribution in [0.1, 0.15) is 83.0 Å². The van der Waals surface area contributed by atoms with Gasteiger partial charge in [0, 0.05) is 73.3 Å². The molecule has 4 aromatic rings. The Labute approximate surface area is 297 Å². The van der Waals surface area contributed by atoms with E-state index in [0.29, 0.717) is 36.1 Å². The van der Waals surface area contributed by atoms with Crippen molar-refractivity contribution < 1.29 is 20.4 Å². The van der Waals surface area contributed by atoms with Crippen molar-refractivity contribution in [3.8, 4) is 23.0 Å². The van der Waals surface area contributed by atoms with Crippen LogP contribution in [-0.2, 0) is 0 Å². The predicted molar refractivity (Wildman–Crippen MR) is 209 cm³/mol. The van der Waals surface area contributed by atoms with E-state index < -0.39 is 0 Å². The number of hydrogen-bond acceptors (Lipinski definition) is 8. The number of phenols is 4. The molecule has 0 bridgehead atoms. The van der Waals surface area contributed by atoms with E-state index in [-0.39, 0.29) is 0 Å². The molecule has 0 saturated heterocycles. The Morgan fingerprint density at radius 2 is 0.580 bits per heavy atom. The summed E-state index contributed by atoms with van der Waals surface area (Å²) in [6, 6.07) is 22.6. The van der Waals surface area contributed by atoms with E-state index >= 15 is 0 Å². The molecule has 0 saturated carbocycles. The molecule has 0 aliphatic carbocycles. The number of phenolic OH excluding ortho intramolecular Hbond substituents is 4. The summed E-state index contributed by atoms with van der Waals surface area (Å²) in [5.74, 6) is 1.22. The average Bonchev–Trinajstić information content (AvgIpc) is 3.10. The standard InChI is InChI=1S/C22H28N2O2.C20H24N2O2/c1-17-9-7-11-19(21(17)25)15-23-13-5-3-4-6-14-24-16-20-12-8-10-18(2)22(20)26;1-15-7-5-9-17(19(15)23)13-21-11-3-4-12-22-14-18-10-6-8-16(2)20(18)24/h7-12,15-16,25-26H,3-6,13-14H2,1-2H3;5-10,13-14,23-24H,3-4,11-12H2,1-2H3. The number of nitrogens with zero attached hydrogens (tertiary/aromatic N) is 4. The van der Waals surface area contributed by atoms with E-state index in [1.807, 2.05) is 100 Å². The quantitative estimate of drug-likeness (QED) is 0.0698. The van der Waals surface area contributed by atoms with Crippen LogP contribution in [0.2, 0.25) is 0 Å². The fourth-order valence-electron chi connectivity index (χ4n) is 4.96. The van der Waals surface area contributed by atoms with Gasteiger partial charge in [0.05, 0.1) is 0 Å². The Balaban J connectivity index is 0.000000271. The van der Waals surface area contributed by atoms with Crippen LogP contribution in [0, 0.1) is 27.7 Å². The first kappa shape index (κ1) is 39.2. The lowest BCUT2D eigenvalue weighted by molar-refractivity contribution is 0.470. The highest BCUT2D eigenvalue weighted by molar-refractivity contribution is 5.85. The Hall–Kier alpha value is -5.24. The van der Waals surface area contributed by atoms with Gasteiger partial charge in [-0.25, -0.2) is 0 Å². The molecule has 8 heteroatoms. The third-order valence-corrected chi connectivity index (χ3v) is 8.15. The lowest BCUT2D eigenvalue weighted by atomic mass is 10.1. The molecule has 0 radical (unpaired) electrons. The van der Waals surface area contributed by atoms with Gasteiger partial charge in [0.15, 0.2) is 0 Å². The molecule has 0 heterocycles. The van der Waals surface area contributed by atoms with Crippen LogP contribution < -0.4 is 0 Å². The van der Waals surface area contributed by atoms with E-state index in [1.54, 1.807) is 24.9 Å². The number of rotatable bonds is 16. The SMILES string of the molecule is Cc1cccc(C=NCCCCCCN=Cc2cccc(C)c2O)c1O.Cc1cccc(C=NCCCCN=Cc2cccc(C)c2O)c1O. The number of aryl methyl sites for hydroxylation is 4. The molecule has 4 N–H and O–H groups in total. The molecule has 0 amide bonds. The molecule has 0 aliphatic heterocycles.